The summed E-state index contributed by atoms with van der Waals surface area (Å²) in [5.74, 6) is 0.393. The molecule has 1 unspecified atom stereocenters. The highest BCUT2D eigenvalue weighted by Crippen LogP contribution is 2.16. The lowest BCUT2D eigenvalue weighted by atomic mass is 10.2. The maximum absolute atomic E-state index is 11.9. The van der Waals surface area contributed by atoms with E-state index in [0.717, 1.165) is 0 Å². The normalized spacial score (nSPS) is 27.3. The summed E-state index contributed by atoms with van der Waals surface area (Å²) in [6, 6.07) is -0.206. The van der Waals surface area contributed by atoms with E-state index in [1.165, 1.54) is 4.90 Å². The number of amidine groups is 1. The predicted octanol–water partition coefficient (Wildman–Crippen LogP) is -1.37. The molecule has 0 saturated carbocycles. The van der Waals surface area contributed by atoms with Crippen molar-refractivity contribution in [3.63, 3.8) is 0 Å². The average molecular weight is 245 g/mol. The molecule has 1 saturated heterocycles. The van der Waals surface area contributed by atoms with E-state index in [1.807, 2.05) is 0 Å². The second-order valence-electron chi connectivity index (χ2n) is 4.13. The third-order valence-corrected chi connectivity index (χ3v) is 4.70. The van der Waals surface area contributed by atoms with Crippen LogP contribution >= 0.6 is 0 Å². The minimum atomic E-state index is -2.95. The van der Waals surface area contributed by atoms with E-state index in [0.29, 0.717) is 25.3 Å². The Hall–Kier alpha value is -1.11. The molecule has 0 aromatic rings. The van der Waals surface area contributed by atoms with Gasteiger partial charge >= 0.3 is 0 Å². The molecule has 2 aliphatic heterocycles. The topological polar surface area (TPSA) is 78.8 Å². The number of hydrogen-bond donors (Lipinski definition) is 1. The van der Waals surface area contributed by atoms with Gasteiger partial charge < -0.3 is 10.2 Å². The number of sulfone groups is 1. The van der Waals surface area contributed by atoms with E-state index in [4.69, 9.17) is 0 Å². The second kappa shape index (κ2) is 4.04. The van der Waals surface area contributed by atoms with Crippen LogP contribution in [0.15, 0.2) is 4.99 Å². The van der Waals surface area contributed by atoms with Crippen molar-refractivity contribution in [2.24, 2.45) is 4.99 Å². The molecular formula is C9H15N3O3S. The number of rotatable bonds is 2. The summed E-state index contributed by atoms with van der Waals surface area (Å²) >= 11 is 0. The van der Waals surface area contributed by atoms with Crippen LogP contribution in [0.1, 0.15) is 6.42 Å². The smallest absolute Gasteiger partial charge is 0.288 e. The predicted molar refractivity (Wildman–Crippen MR) is 60.1 cm³/mol. The van der Waals surface area contributed by atoms with Crippen molar-refractivity contribution in [3.05, 3.63) is 0 Å². The van der Waals surface area contributed by atoms with E-state index < -0.39 is 9.84 Å². The molecule has 2 rings (SSSR count). The van der Waals surface area contributed by atoms with Gasteiger partial charge in [-0.15, -0.1) is 0 Å². The maximum atomic E-state index is 11.9. The highest BCUT2D eigenvalue weighted by atomic mass is 32.2. The number of carbonyl (C=O) groups is 1. The molecule has 90 valence electrons. The fourth-order valence-corrected chi connectivity index (χ4v) is 3.73. The van der Waals surface area contributed by atoms with Crippen LogP contribution in [-0.2, 0) is 14.6 Å². The van der Waals surface area contributed by atoms with Gasteiger partial charge in [0.1, 0.15) is 0 Å². The molecular weight excluding hydrogens is 230 g/mol. The molecule has 2 heterocycles. The number of aliphatic imine (C=N–C) groups is 1. The largest absolute Gasteiger partial charge is 0.364 e. The van der Waals surface area contributed by atoms with Crippen LogP contribution in [0.25, 0.3) is 0 Å². The number of nitrogens with one attached hydrogen (secondary N) is 1. The van der Waals surface area contributed by atoms with Crippen LogP contribution < -0.4 is 5.32 Å². The molecule has 0 bridgehead atoms. The van der Waals surface area contributed by atoms with E-state index >= 15 is 0 Å². The van der Waals surface area contributed by atoms with Crippen molar-refractivity contribution in [1.29, 1.82) is 0 Å². The van der Waals surface area contributed by atoms with Gasteiger partial charge in [-0.2, -0.15) is 0 Å². The molecule has 0 radical (unpaired) electrons. The summed E-state index contributed by atoms with van der Waals surface area (Å²) in [6.45, 7) is 1.29. The van der Waals surface area contributed by atoms with Crippen molar-refractivity contribution in [1.82, 2.24) is 10.2 Å². The first-order chi connectivity index (χ1) is 7.49. The Morgan fingerprint density at radius 3 is 2.81 bits per heavy atom. The molecule has 6 nitrogen and oxygen atoms in total. The van der Waals surface area contributed by atoms with Gasteiger partial charge in [0.25, 0.3) is 5.91 Å². The summed E-state index contributed by atoms with van der Waals surface area (Å²) in [5.41, 5.74) is 0. The van der Waals surface area contributed by atoms with Gasteiger partial charge in [-0.3, -0.25) is 9.79 Å². The zero-order valence-corrected chi connectivity index (χ0v) is 9.96. The molecule has 16 heavy (non-hydrogen) atoms. The summed E-state index contributed by atoms with van der Waals surface area (Å²) in [4.78, 5) is 17.4. The van der Waals surface area contributed by atoms with E-state index in [-0.39, 0.29) is 23.5 Å². The lowest BCUT2D eigenvalue weighted by molar-refractivity contribution is -0.124. The van der Waals surface area contributed by atoms with Gasteiger partial charge in [-0.1, -0.05) is 0 Å². The first-order valence-electron chi connectivity index (χ1n) is 5.25. The highest BCUT2D eigenvalue weighted by Gasteiger charge is 2.34. The molecule has 0 aliphatic carbocycles. The fourth-order valence-electron chi connectivity index (χ4n) is 1.95. The van der Waals surface area contributed by atoms with Crippen LogP contribution in [-0.4, -0.2) is 62.7 Å². The zero-order valence-electron chi connectivity index (χ0n) is 9.14. The van der Waals surface area contributed by atoms with Gasteiger partial charge in [0.2, 0.25) is 0 Å². The standard InChI is InChI=1S/C9H15N3O3S/c1-12(7-2-5-16(14,15)6-7)9(13)8-10-3-4-11-8/h7H,2-6H2,1H3,(H,10,11). The Morgan fingerprint density at radius 1 is 1.56 bits per heavy atom. The van der Waals surface area contributed by atoms with Crippen LogP contribution in [0.4, 0.5) is 0 Å². The van der Waals surface area contributed by atoms with Crippen molar-refractivity contribution in [2.75, 3.05) is 31.6 Å². The minimum Gasteiger partial charge on any atom is -0.364 e. The Labute approximate surface area is 94.6 Å². The average Bonchev–Trinajstić information content (AvgIpc) is 2.84. The fraction of sp³-hybridized carbons (Fsp3) is 0.778. The molecule has 1 N–H and O–H groups in total. The molecule has 0 aromatic heterocycles. The third-order valence-electron chi connectivity index (χ3n) is 2.95. The zero-order chi connectivity index (χ0) is 11.8. The summed E-state index contributed by atoms with van der Waals surface area (Å²) in [7, 11) is -1.32. The van der Waals surface area contributed by atoms with E-state index in [2.05, 4.69) is 10.3 Å². The van der Waals surface area contributed by atoms with Crippen LogP contribution in [0.2, 0.25) is 0 Å². The summed E-state index contributed by atoms with van der Waals surface area (Å²) in [5, 5.41) is 2.89. The van der Waals surface area contributed by atoms with Crippen molar-refractivity contribution in [3.8, 4) is 0 Å². The molecule has 1 amide bonds. The molecule has 2 aliphatic rings. The van der Waals surface area contributed by atoms with Crippen molar-refractivity contribution < 1.29 is 13.2 Å². The maximum Gasteiger partial charge on any atom is 0.288 e. The Kier molecular flexibility index (Phi) is 2.88. The Balaban J connectivity index is 2.03. The molecule has 0 aromatic carbocycles. The number of hydrogen-bond acceptors (Lipinski definition) is 5. The molecule has 1 atom stereocenters. The number of likely N-dealkylation sites (N-methyl/N-ethyl adjacent to an activating group) is 1. The minimum absolute atomic E-state index is 0.0719. The van der Waals surface area contributed by atoms with E-state index in [9.17, 15) is 13.2 Å². The first-order valence-corrected chi connectivity index (χ1v) is 7.08. The monoisotopic (exact) mass is 245 g/mol. The van der Waals surface area contributed by atoms with Gasteiger partial charge in [-0.25, -0.2) is 8.42 Å². The van der Waals surface area contributed by atoms with Gasteiger partial charge in [-0.05, 0) is 6.42 Å². The van der Waals surface area contributed by atoms with Gasteiger partial charge in [0, 0.05) is 19.6 Å². The van der Waals surface area contributed by atoms with E-state index in [1.54, 1.807) is 7.05 Å². The Bertz CT molecular complexity index is 429. The van der Waals surface area contributed by atoms with Crippen LogP contribution in [0.5, 0.6) is 0 Å². The SMILES string of the molecule is CN(C(=O)C1=NCCN1)C1CCS(=O)(=O)C1. The molecule has 0 spiro atoms. The first kappa shape index (κ1) is 11.4. The second-order valence-corrected chi connectivity index (χ2v) is 6.36. The number of amides is 1. The van der Waals surface area contributed by atoms with Crippen molar-refractivity contribution in [2.45, 2.75) is 12.5 Å². The third kappa shape index (κ3) is 2.18. The molecule has 1 fully saturated rings. The number of carbonyl (C=O) groups excluding carboxylic acids is 1. The highest BCUT2D eigenvalue weighted by molar-refractivity contribution is 7.91. The molecule has 7 heteroatoms. The van der Waals surface area contributed by atoms with Crippen LogP contribution in [0.3, 0.4) is 0 Å². The summed E-state index contributed by atoms with van der Waals surface area (Å²) < 4.78 is 22.6. The van der Waals surface area contributed by atoms with Crippen molar-refractivity contribution >= 4 is 21.6 Å². The van der Waals surface area contributed by atoms with Gasteiger partial charge in [0.05, 0.1) is 18.1 Å². The summed E-state index contributed by atoms with van der Waals surface area (Å²) in [6.07, 6.45) is 0.526. The lowest BCUT2D eigenvalue weighted by Gasteiger charge is -2.23. The Morgan fingerprint density at radius 2 is 2.31 bits per heavy atom. The number of nitrogens with zero attached hydrogens (tertiary/aromatic N) is 2. The van der Waals surface area contributed by atoms with Crippen LogP contribution in [0, 0.1) is 0 Å². The lowest BCUT2D eigenvalue weighted by Crippen LogP contribution is -2.45. The van der Waals surface area contributed by atoms with Gasteiger partial charge in [0.15, 0.2) is 15.7 Å². The quantitative estimate of drug-likeness (QED) is 0.651.